The molecule has 1 fully saturated rings. The van der Waals surface area contributed by atoms with Gasteiger partial charge in [0.1, 0.15) is 0 Å². The molecular weight excluding hydrogens is 136 g/mol. The minimum atomic E-state index is 0.121. The van der Waals surface area contributed by atoms with Crippen LogP contribution >= 0.6 is 0 Å². The first-order valence-corrected chi connectivity index (χ1v) is 4.34. The molecule has 11 heavy (non-hydrogen) atoms. The molecule has 0 bridgehead atoms. The van der Waals surface area contributed by atoms with Gasteiger partial charge in [0.05, 0.1) is 0 Å². The van der Waals surface area contributed by atoms with Gasteiger partial charge >= 0.3 is 0 Å². The summed E-state index contributed by atoms with van der Waals surface area (Å²) < 4.78 is 0. The SMILES string of the molecule is CC1(C)CNC(C)(C)C(N)C1. The lowest BCUT2D eigenvalue weighted by Crippen LogP contribution is -2.61. The first-order chi connectivity index (χ1) is 4.83. The van der Waals surface area contributed by atoms with Crippen LogP contribution in [0.2, 0.25) is 0 Å². The molecule has 1 aliphatic heterocycles. The van der Waals surface area contributed by atoms with Crippen LogP contribution in [-0.4, -0.2) is 18.1 Å². The maximum Gasteiger partial charge on any atom is 0.0276 e. The zero-order chi connectivity index (χ0) is 8.70. The molecule has 1 unspecified atom stereocenters. The van der Waals surface area contributed by atoms with E-state index in [0.717, 1.165) is 13.0 Å². The molecule has 0 aromatic heterocycles. The summed E-state index contributed by atoms with van der Waals surface area (Å²) in [6, 6.07) is 0.284. The maximum absolute atomic E-state index is 6.03. The first-order valence-electron chi connectivity index (χ1n) is 4.34. The molecule has 1 saturated heterocycles. The second-order valence-electron chi connectivity index (χ2n) is 5.05. The molecule has 1 rings (SSSR count). The number of piperidine rings is 1. The smallest absolute Gasteiger partial charge is 0.0276 e. The average Bonchev–Trinajstić information content (AvgIpc) is 1.81. The fraction of sp³-hybridized carbons (Fsp3) is 1.00. The van der Waals surface area contributed by atoms with Crippen molar-refractivity contribution in [1.29, 1.82) is 0 Å². The predicted molar refractivity (Wildman–Crippen MR) is 48.5 cm³/mol. The highest BCUT2D eigenvalue weighted by molar-refractivity contribution is 4.98. The van der Waals surface area contributed by atoms with Gasteiger partial charge in [0.25, 0.3) is 0 Å². The number of hydrogen-bond acceptors (Lipinski definition) is 2. The number of rotatable bonds is 0. The van der Waals surface area contributed by atoms with Gasteiger partial charge in [-0.2, -0.15) is 0 Å². The second kappa shape index (κ2) is 2.46. The highest BCUT2D eigenvalue weighted by atomic mass is 15.0. The van der Waals surface area contributed by atoms with Gasteiger partial charge < -0.3 is 11.1 Å². The zero-order valence-electron chi connectivity index (χ0n) is 8.07. The van der Waals surface area contributed by atoms with Crippen LogP contribution in [0.1, 0.15) is 34.1 Å². The second-order valence-corrected chi connectivity index (χ2v) is 5.05. The summed E-state index contributed by atoms with van der Waals surface area (Å²) in [4.78, 5) is 0. The molecule has 0 saturated carbocycles. The molecule has 0 amide bonds. The van der Waals surface area contributed by atoms with Gasteiger partial charge in [0, 0.05) is 18.1 Å². The number of nitrogens with two attached hydrogens (primary N) is 1. The molecule has 0 spiro atoms. The quantitative estimate of drug-likeness (QED) is 0.551. The van der Waals surface area contributed by atoms with Crippen LogP contribution in [-0.2, 0) is 0 Å². The normalized spacial score (nSPS) is 35.2. The lowest BCUT2D eigenvalue weighted by molar-refractivity contribution is 0.147. The van der Waals surface area contributed by atoms with E-state index in [4.69, 9.17) is 5.73 Å². The van der Waals surface area contributed by atoms with Crippen molar-refractivity contribution in [1.82, 2.24) is 5.32 Å². The highest BCUT2D eigenvalue weighted by Crippen LogP contribution is 2.30. The van der Waals surface area contributed by atoms with Crippen molar-refractivity contribution < 1.29 is 0 Å². The lowest BCUT2D eigenvalue weighted by Gasteiger charge is -2.45. The molecular formula is C9H20N2. The van der Waals surface area contributed by atoms with Crippen molar-refractivity contribution >= 4 is 0 Å². The predicted octanol–water partition coefficient (Wildman–Crippen LogP) is 1.11. The van der Waals surface area contributed by atoms with Gasteiger partial charge in [-0.3, -0.25) is 0 Å². The largest absolute Gasteiger partial charge is 0.326 e. The molecule has 2 heteroatoms. The van der Waals surface area contributed by atoms with Crippen LogP contribution < -0.4 is 11.1 Å². The average molecular weight is 156 g/mol. The van der Waals surface area contributed by atoms with Gasteiger partial charge in [-0.15, -0.1) is 0 Å². The fourth-order valence-corrected chi connectivity index (χ4v) is 1.52. The Labute approximate surface area is 69.5 Å². The minimum Gasteiger partial charge on any atom is -0.326 e. The van der Waals surface area contributed by atoms with Gasteiger partial charge in [-0.25, -0.2) is 0 Å². The number of nitrogens with one attached hydrogen (secondary N) is 1. The van der Waals surface area contributed by atoms with E-state index in [2.05, 4.69) is 33.0 Å². The molecule has 2 nitrogen and oxygen atoms in total. The number of hydrogen-bond donors (Lipinski definition) is 2. The molecule has 0 aromatic carbocycles. The van der Waals surface area contributed by atoms with Crippen molar-refractivity contribution in [2.45, 2.75) is 45.7 Å². The van der Waals surface area contributed by atoms with Gasteiger partial charge in [0.15, 0.2) is 0 Å². The topological polar surface area (TPSA) is 38.0 Å². The van der Waals surface area contributed by atoms with Gasteiger partial charge in [-0.1, -0.05) is 13.8 Å². The van der Waals surface area contributed by atoms with E-state index >= 15 is 0 Å². The lowest BCUT2D eigenvalue weighted by atomic mass is 9.75. The van der Waals surface area contributed by atoms with E-state index in [0.29, 0.717) is 5.41 Å². The standard InChI is InChI=1S/C9H20N2/c1-8(2)5-7(10)9(3,4)11-6-8/h7,11H,5-6,10H2,1-4H3. The fourth-order valence-electron chi connectivity index (χ4n) is 1.52. The summed E-state index contributed by atoms with van der Waals surface area (Å²) in [5, 5.41) is 3.47. The van der Waals surface area contributed by atoms with E-state index < -0.39 is 0 Å². The van der Waals surface area contributed by atoms with Crippen molar-refractivity contribution in [2.75, 3.05) is 6.54 Å². The van der Waals surface area contributed by atoms with Crippen molar-refractivity contribution in [3.8, 4) is 0 Å². The molecule has 3 N–H and O–H groups in total. The summed E-state index contributed by atoms with van der Waals surface area (Å²) >= 11 is 0. The van der Waals surface area contributed by atoms with Crippen LogP contribution in [0.5, 0.6) is 0 Å². The van der Waals surface area contributed by atoms with Crippen LogP contribution in [0.4, 0.5) is 0 Å². The molecule has 0 aromatic rings. The maximum atomic E-state index is 6.03. The van der Waals surface area contributed by atoms with Crippen molar-refractivity contribution in [3.63, 3.8) is 0 Å². The molecule has 66 valence electrons. The Morgan fingerprint density at radius 1 is 1.27 bits per heavy atom. The summed E-state index contributed by atoms with van der Waals surface area (Å²) in [7, 11) is 0. The molecule has 1 aliphatic rings. The van der Waals surface area contributed by atoms with Crippen LogP contribution in [0.15, 0.2) is 0 Å². The van der Waals surface area contributed by atoms with Gasteiger partial charge in [-0.05, 0) is 25.7 Å². The summed E-state index contributed by atoms with van der Waals surface area (Å²) in [5.41, 5.74) is 6.52. The third kappa shape index (κ3) is 1.94. The van der Waals surface area contributed by atoms with Crippen molar-refractivity contribution in [3.05, 3.63) is 0 Å². The Morgan fingerprint density at radius 3 is 2.18 bits per heavy atom. The Morgan fingerprint density at radius 2 is 1.82 bits per heavy atom. The Balaban J connectivity index is 2.63. The van der Waals surface area contributed by atoms with E-state index in [1.54, 1.807) is 0 Å². The highest BCUT2D eigenvalue weighted by Gasteiger charge is 2.37. The van der Waals surface area contributed by atoms with Crippen LogP contribution in [0, 0.1) is 5.41 Å². The van der Waals surface area contributed by atoms with Crippen LogP contribution in [0.25, 0.3) is 0 Å². The van der Waals surface area contributed by atoms with E-state index in [1.165, 1.54) is 0 Å². The van der Waals surface area contributed by atoms with Gasteiger partial charge in [0.2, 0.25) is 0 Å². The summed E-state index contributed by atoms with van der Waals surface area (Å²) in [6.07, 6.45) is 1.12. The minimum absolute atomic E-state index is 0.121. The molecule has 0 aliphatic carbocycles. The molecule has 1 atom stereocenters. The molecule has 0 radical (unpaired) electrons. The van der Waals surface area contributed by atoms with E-state index in [1.807, 2.05) is 0 Å². The zero-order valence-corrected chi connectivity index (χ0v) is 8.07. The van der Waals surface area contributed by atoms with Crippen LogP contribution in [0.3, 0.4) is 0 Å². The Bertz CT molecular complexity index is 150. The molecule has 1 heterocycles. The Hall–Kier alpha value is -0.0800. The monoisotopic (exact) mass is 156 g/mol. The summed E-state index contributed by atoms with van der Waals surface area (Å²) in [6.45, 7) is 9.94. The third-order valence-corrected chi connectivity index (χ3v) is 2.72. The summed E-state index contributed by atoms with van der Waals surface area (Å²) in [5.74, 6) is 0. The Kier molecular flexibility index (Phi) is 2.01. The van der Waals surface area contributed by atoms with Crippen molar-refractivity contribution in [2.24, 2.45) is 11.1 Å². The third-order valence-electron chi connectivity index (χ3n) is 2.72. The van der Waals surface area contributed by atoms with E-state index in [9.17, 15) is 0 Å². The van der Waals surface area contributed by atoms with E-state index in [-0.39, 0.29) is 11.6 Å². The first kappa shape index (κ1) is 9.01.